The van der Waals surface area contributed by atoms with E-state index < -0.39 is 0 Å². The second-order valence-electron chi connectivity index (χ2n) is 4.07. The monoisotopic (exact) mass is 257 g/mol. The van der Waals surface area contributed by atoms with Crippen LogP contribution in [-0.4, -0.2) is 23.0 Å². The van der Waals surface area contributed by atoms with Crippen molar-refractivity contribution in [3.05, 3.63) is 53.6 Å². The Bertz CT molecular complexity index is 570. The third kappa shape index (κ3) is 3.28. The number of carbonyl (C=O) groups excluding carboxylic acids is 1. The van der Waals surface area contributed by atoms with E-state index in [9.17, 15) is 4.79 Å². The maximum absolute atomic E-state index is 11.4. The molecule has 0 aliphatic carbocycles. The zero-order valence-corrected chi connectivity index (χ0v) is 10.9. The number of aryl methyl sites for hydroxylation is 1. The number of methoxy groups -OCH3 is 1. The fourth-order valence-electron chi connectivity index (χ4n) is 1.71. The van der Waals surface area contributed by atoms with E-state index in [-0.39, 0.29) is 5.97 Å². The van der Waals surface area contributed by atoms with Crippen LogP contribution in [0.2, 0.25) is 0 Å². The Morgan fingerprint density at radius 3 is 2.84 bits per heavy atom. The zero-order valence-electron chi connectivity index (χ0n) is 10.9. The van der Waals surface area contributed by atoms with Crippen molar-refractivity contribution in [2.24, 2.45) is 0 Å². The molecule has 0 aliphatic heterocycles. The summed E-state index contributed by atoms with van der Waals surface area (Å²) in [5, 5.41) is 3.26. The molecule has 0 bridgehead atoms. The molecule has 0 atom stereocenters. The van der Waals surface area contributed by atoms with Gasteiger partial charge in [0, 0.05) is 18.1 Å². The molecule has 5 nitrogen and oxygen atoms in total. The van der Waals surface area contributed by atoms with Gasteiger partial charge in [-0.25, -0.2) is 4.79 Å². The number of nitrogens with zero attached hydrogens (tertiary/aromatic N) is 2. The Kier molecular flexibility index (Phi) is 4.07. The smallest absolute Gasteiger partial charge is 0.337 e. The molecule has 0 aliphatic rings. The first-order valence-corrected chi connectivity index (χ1v) is 5.88. The van der Waals surface area contributed by atoms with E-state index in [0.717, 1.165) is 16.9 Å². The molecule has 98 valence electrons. The van der Waals surface area contributed by atoms with E-state index in [2.05, 4.69) is 20.0 Å². The fraction of sp³-hybridized carbons (Fsp3) is 0.214. The Labute approximate surface area is 111 Å². The van der Waals surface area contributed by atoms with Gasteiger partial charge in [-0.05, 0) is 30.7 Å². The molecule has 0 fully saturated rings. The van der Waals surface area contributed by atoms with Crippen LogP contribution in [0.5, 0.6) is 0 Å². The number of hydrogen-bond donors (Lipinski definition) is 1. The minimum Gasteiger partial charge on any atom is -0.465 e. The van der Waals surface area contributed by atoms with Gasteiger partial charge in [0.1, 0.15) is 0 Å². The van der Waals surface area contributed by atoms with Gasteiger partial charge in [0.15, 0.2) is 0 Å². The Hall–Kier alpha value is -2.43. The molecule has 5 heteroatoms. The van der Waals surface area contributed by atoms with Gasteiger partial charge < -0.3 is 10.1 Å². The van der Waals surface area contributed by atoms with Gasteiger partial charge in [0.2, 0.25) is 0 Å². The first-order chi connectivity index (χ1) is 9.20. The summed E-state index contributed by atoms with van der Waals surface area (Å²) in [6.07, 6.45) is 5.01. The SMILES string of the molecule is COC(=O)c1ccc(NCc2cnccn2)c(C)c1. The Morgan fingerprint density at radius 2 is 2.21 bits per heavy atom. The van der Waals surface area contributed by atoms with E-state index in [1.54, 1.807) is 30.7 Å². The van der Waals surface area contributed by atoms with Crippen LogP contribution in [-0.2, 0) is 11.3 Å². The molecule has 0 unspecified atom stereocenters. The molecule has 1 N–H and O–H groups in total. The minimum atomic E-state index is -0.330. The lowest BCUT2D eigenvalue weighted by molar-refractivity contribution is 0.0600. The maximum Gasteiger partial charge on any atom is 0.337 e. The van der Waals surface area contributed by atoms with Gasteiger partial charge >= 0.3 is 5.97 Å². The highest BCUT2D eigenvalue weighted by molar-refractivity contribution is 5.90. The summed E-state index contributed by atoms with van der Waals surface area (Å²) in [4.78, 5) is 19.6. The number of nitrogens with one attached hydrogen (secondary N) is 1. The van der Waals surface area contributed by atoms with Crippen molar-refractivity contribution in [3.8, 4) is 0 Å². The number of benzene rings is 1. The van der Waals surface area contributed by atoms with Crippen LogP contribution in [0.3, 0.4) is 0 Å². The number of aromatic nitrogens is 2. The van der Waals surface area contributed by atoms with Crippen molar-refractivity contribution in [1.82, 2.24) is 9.97 Å². The summed E-state index contributed by atoms with van der Waals surface area (Å²) in [5.41, 5.74) is 3.34. The van der Waals surface area contributed by atoms with Crippen LogP contribution in [0, 0.1) is 6.92 Å². The lowest BCUT2D eigenvalue weighted by atomic mass is 10.1. The number of rotatable bonds is 4. The summed E-state index contributed by atoms with van der Waals surface area (Å²) in [6.45, 7) is 2.53. The normalized spacial score (nSPS) is 10.0. The third-order valence-corrected chi connectivity index (χ3v) is 2.72. The van der Waals surface area contributed by atoms with Gasteiger partial charge in [0.05, 0.1) is 31.1 Å². The Morgan fingerprint density at radius 1 is 1.37 bits per heavy atom. The zero-order chi connectivity index (χ0) is 13.7. The van der Waals surface area contributed by atoms with Gasteiger partial charge in [-0.3, -0.25) is 9.97 Å². The first-order valence-electron chi connectivity index (χ1n) is 5.88. The molecule has 0 amide bonds. The van der Waals surface area contributed by atoms with Crippen LogP contribution in [0.4, 0.5) is 5.69 Å². The molecule has 0 spiro atoms. The molecule has 1 heterocycles. The average Bonchev–Trinajstić information content (AvgIpc) is 2.46. The highest BCUT2D eigenvalue weighted by atomic mass is 16.5. The molecule has 1 aromatic heterocycles. The quantitative estimate of drug-likeness (QED) is 0.850. The summed E-state index contributed by atoms with van der Waals surface area (Å²) in [5.74, 6) is -0.330. The predicted molar refractivity (Wildman–Crippen MR) is 71.9 cm³/mol. The molecule has 0 saturated heterocycles. The van der Waals surface area contributed by atoms with Crippen molar-refractivity contribution < 1.29 is 9.53 Å². The van der Waals surface area contributed by atoms with Crippen LogP contribution in [0.1, 0.15) is 21.6 Å². The Balaban J connectivity index is 2.07. The van der Waals surface area contributed by atoms with Crippen LogP contribution in [0.25, 0.3) is 0 Å². The van der Waals surface area contributed by atoms with Crippen molar-refractivity contribution in [3.63, 3.8) is 0 Å². The number of anilines is 1. The summed E-state index contributed by atoms with van der Waals surface area (Å²) in [6, 6.07) is 5.39. The van der Waals surface area contributed by atoms with E-state index in [1.165, 1.54) is 7.11 Å². The third-order valence-electron chi connectivity index (χ3n) is 2.72. The molecule has 2 rings (SSSR count). The van der Waals surface area contributed by atoms with Gasteiger partial charge in [-0.2, -0.15) is 0 Å². The first kappa shape index (κ1) is 13.0. The molecule has 19 heavy (non-hydrogen) atoms. The molecule has 0 radical (unpaired) electrons. The number of hydrogen-bond acceptors (Lipinski definition) is 5. The van der Waals surface area contributed by atoms with Crippen LogP contribution < -0.4 is 5.32 Å². The van der Waals surface area contributed by atoms with E-state index in [4.69, 9.17) is 0 Å². The van der Waals surface area contributed by atoms with Crippen LogP contribution in [0.15, 0.2) is 36.8 Å². The van der Waals surface area contributed by atoms with Crippen LogP contribution >= 0.6 is 0 Å². The lowest BCUT2D eigenvalue weighted by Gasteiger charge is -2.10. The van der Waals surface area contributed by atoms with Crippen molar-refractivity contribution in [2.45, 2.75) is 13.5 Å². The summed E-state index contributed by atoms with van der Waals surface area (Å²) < 4.78 is 4.68. The number of carbonyl (C=O) groups is 1. The van der Waals surface area contributed by atoms with E-state index in [0.29, 0.717) is 12.1 Å². The van der Waals surface area contributed by atoms with Crippen molar-refractivity contribution >= 4 is 11.7 Å². The highest BCUT2D eigenvalue weighted by Gasteiger charge is 2.07. The standard InChI is InChI=1S/C14H15N3O2/c1-10-7-11(14(18)19-2)3-4-13(10)17-9-12-8-15-5-6-16-12/h3-8,17H,9H2,1-2H3. The van der Waals surface area contributed by atoms with Gasteiger partial charge in [-0.15, -0.1) is 0 Å². The maximum atomic E-state index is 11.4. The lowest BCUT2D eigenvalue weighted by Crippen LogP contribution is -2.05. The minimum absolute atomic E-state index is 0.330. The van der Waals surface area contributed by atoms with Crippen molar-refractivity contribution in [1.29, 1.82) is 0 Å². The van der Waals surface area contributed by atoms with Gasteiger partial charge in [0.25, 0.3) is 0 Å². The van der Waals surface area contributed by atoms with E-state index >= 15 is 0 Å². The second kappa shape index (κ2) is 5.95. The van der Waals surface area contributed by atoms with Gasteiger partial charge in [-0.1, -0.05) is 0 Å². The summed E-state index contributed by atoms with van der Waals surface area (Å²) >= 11 is 0. The van der Waals surface area contributed by atoms with E-state index in [1.807, 2.05) is 13.0 Å². The number of ether oxygens (including phenoxy) is 1. The largest absolute Gasteiger partial charge is 0.465 e. The summed E-state index contributed by atoms with van der Waals surface area (Å²) in [7, 11) is 1.37. The average molecular weight is 257 g/mol. The topological polar surface area (TPSA) is 64.1 Å². The second-order valence-corrected chi connectivity index (χ2v) is 4.07. The fourth-order valence-corrected chi connectivity index (χ4v) is 1.71. The molecule has 1 aromatic carbocycles. The molecular formula is C14H15N3O2. The molecular weight excluding hydrogens is 242 g/mol. The predicted octanol–water partition coefficient (Wildman–Crippen LogP) is 2.18. The van der Waals surface area contributed by atoms with Crippen molar-refractivity contribution in [2.75, 3.05) is 12.4 Å². The number of esters is 1. The molecule has 0 saturated carbocycles. The highest BCUT2D eigenvalue weighted by Crippen LogP contribution is 2.17. The molecule has 2 aromatic rings.